The van der Waals surface area contributed by atoms with E-state index in [1.54, 1.807) is 0 Å². The summed E-state index contributed by atoms with van der Waals surface area (Å²) < 4.78 is 42.7. The van der Waals surface area contributed by atoms with Crippen LogP contribution in [-0.2, 0) is 10.9 Å². The van der Waals surface area contributed by atoms with Gasteiger partial charge in [-0.3, -0.25) is 0 Å². The average molecular weight is 359 g/mol. The summed E-state index contributed by atoms with van der Waals surface area (Å²) in [6, 6.07) is 1.09. The first-order valence-corrected chi connectivity index (χ1v) is 5.52. The summed E-state index contributed by atoms with van der Waals surface area (Å²) in [4.78, 5) is 11.3. The summed E-state index contributed by atoms with van der Waals surface area (Å²) in [5.41, 5.74) is 4.39. The van der Waals surface area contributed by atoms with Crippen LogP contribution < -0.4 is 5.73 Å². The second kappa shape index (κ2) is 4.71. The Morgan fingerprint density at radius 3 is 2.41 bits per heavy atom. The highest BCUT2D eigenvalue weighted by Gasteiger charge is 2.39. The molecule has 0 saturated heterocycles. The van der Waals surface area contributed by atoms with E-state index in [0.29, 0.717) is 5.56 Å². The monoisotopic (exact) mass is 359 g/mol. The lowest BCUT2D eigenvalue weighted by Crippen LogP contribution is -2.18. The van der Waals surface area contributed by atoms with Crippen LogP contribution in [0.25, 0.3) is 0 Å². The number of ether oxygens (including phenoxy) is 1. The van der Waals surface area contributed by atoms with Crippen molar-refractivity contribution in [1.82, 2.24) is 0 Å². The van der Waals surface area contributed by atoms with Gasteiger partial charge in [-0.05, 0) is 41.1 Å². The molecule has 7 heteroatoms. The van der Waals surface area contributed by atoms with Crippen molar-refractivity contribution in [2.45, 2.75) is 13.1 Å². The van der Waals surface area contributed by atoms with Crippen LogP contribution in [0.1, 0.15) is 21.5 Å². The molecule has 0 amide bonds. The van der Waals surface area contributed by atoms with E-state index in [4.69, 9.17) is 5.73 Å². The number of carbonyl (C=O) groups excluding carboxylic acids is 1. The highest BCUT2D eigenvalue weighted by atomic mass is 127. The molecule has 0 aliphatic rings. The fourth-order valence-electron chi connectivity index (χ4n) is 1.34. The molecule has 0 aliphatic heterocycles. The number of alkyl halides is 3. The number of methoxy groups -OCH3 is 1. The van der Waals surface area contributed by atoms with Gasteiger partial charge < -0.3 is 10.5 Å². The van der Waals surface area contributed by atoms with Gasteiger partial charge in [0, 0.05) is 9.26 Å². The first-order chi connectivity index (χ1) is 7.70. The number of esters is 1. The Bertz CT molecular complexity index is 472. The lowest BCUT2D eigenvalue weighted by atomic mass is 10.0. The van der Waals surface area contributed by atoms with Crippen molar-refractivity contribution in [3.63, 3.8) is 0 Å². The molecule has 1 aromatic carbocycles. The third-order valence-electron chi connectivity index (χ3n) is 2.20. The fourth-order valence-corrected chi connectivity index (χ4v) is 2.36. The summed E-state index contributed by atoms with van der Waals surface area (Å²) >= 11 is 1.48. The Hall–Kier alpha value is -0.990. The molecule has 3 nitrogen and oxygen atoms in total. The third kappa shape index (κ3) is 2.64. The van der Waals surface area contributed by atoms with Gasteiger partial charge in [-0.25, -0.2) is 4.79 Å². The number of aryl methyl sites for hydroxylation is 1. The van der Waals surface area contributed by atoms with Gasteiger partial charge in [0.1, 0.15) is 0 Å². The molecule has 0 fully saturated rings. The quantitative estimate of drug-likeness (QED) is 0.477. The van der Waals surface area contributed by atoms with Gasteiger partial charge in [0.05, 0.1) is 18.2 Å². The summed E-state index contributed by atoms with van der Waals surface area (Å²) in [5.74, 6) is -1.03. The largest absolute Gasteiger partial charge is 0.465 e. The van der Waals surface area contributed by atoms with E-state index in [1.807, 2.05) is 0 Å². The van der Waals surface area contributed by atoms with Crippen molar-refractivity contribution in [2.24, 2.45) is 0 Å². The topological polar surface area (TPSA) is 52.3 Å². The zero-order valence-electron chi connectivity index (χ0n) is 8.98. The van der Waals surface area contributed by atoms with E-state index >= 15 is 0 Å². The maximum atomic E-state index is 12.8. The average Bonchev–Trinajstić information content (AvgIpc) is 2.22. The number of nitrogens with two attached hydrogens (primary N) is 1. The standard InChI is InChI=1S/C10H9F3INO2/c1-4-3-5(9(16)17-2)6(10(11,12)13)7(14)8(4)15/h3H,15H2,1-2H3. The molecule has 0 unspecified atom stereocenters. The van der Waals surface area contributed by atoms with Crippen molar-refractivity contribution < 1.29 is 22.7 Å². The van der Waals surface area contributed by atoms with Crippen LogP contribution in [0.15, 0.2) is 6.07 Å². The molecule has 0 saturated carbocycles. The van der Waals surface area contributed by atoms with E-state index in [9.17, 15) is 18.0 Å². The summed E-state index contributed by atoms with van der Waals surface area (Å²) in [7, 11) is 1.03. The van der Waals surface area contributed by atoms with Crippen molar-refractivity contribution in [3.05, 3.63) is 26.3 Å². The van der Waals surface area contributed by atoms with Gasteiger partial charge in [-0.1, -0.05) is 0 Å². The number of carbonyl (C=O) groups is 1. The summed E-state index contributed by atoms with van der Waals surface area (Å²) in [5, 5.41) is 0. The van der Waals surface area contributed by atoms with E-state index in [-0.39, 0.29) is 9.26 Å². The Balaban J connectivity index is 3.64. The van der Waals surface area contributed by atoms with Gasteiger partial charge >= 0.3 is 12.1 Å². The van der Waals surface area contributed by atoms with Crippen LogP contribution in [0.3, 0.4) is 0 Å². The molecule has 2 N–H and O–H groups in total. The first-order valence-electron chi connectivity index (χ1n) is 4.44. The lowest BCUT2D eigenvalue weighted by molar-refractivity contribution is -0.138. The molecule has 0 heterocycles. The molecule has 0 radical (unpaired) electrons. The molecule has 94 valence electrons. The molecule has 0 spiro atoms. The number of nitrogen functional groups attached to an aromatic ring is 1. The molecule has 0 bridgehead atoms. The van der Waals surface area contributed by atoms with Crippen LogP contribution in [-0.4, -0.2) is 13.1 Å². The zero-order chi connectivity index (χ0) is 13.4. The van der Waals surface area contributed by atoms with E-state index < -0.39 is 23.3 Å². The second-order valence-electron chi connectivity index (χ2n) is 3.33. The van der Waals surface area contributed by atoms with Crippen LogP contribution in [0, 0.1) is 10.5 Å². The normalized spacial score (nSPS) is 11.4. The minimum absolute atomic E-state index is 0.0191. The van der Waals surface area contributed by atoms with Gasteiger partial charge in [0.2, 0.25) is 0 Å². The summed E-state index contributed by atoms with van der Waals surface area (Å²) in [6.07, 6.45) is -4.65. The third-order valence-corrected chi connectivity index (χ3v) is 3.32. The zero-order valence-corrected chi connectivity index (χ0v) is 11.1. The molecule has 1 aromatic rings. The summed E-state index contributed by atoms with van der Waals surface area (Å²) in [6.45, 7) is 1.53. The van der Waals surface area contributed by atoms with Crippen molar-refractivity contribution in [1.29, 1.82) is 0 Å². The number of hydrogen-bond acceptors (Lipinski definition) is 3. The number of anilines is 1. The highest BCUT2D eigenvalue weighted by Crippen LogP contribution is 2.39. The molecule has 0 aliphatic carbocycles. The van der Waals surface area contributed by atoms with Crippen LogP contribution in [0.2, 0.25) is 0 Å². The van der Waals surface area contributed by atoms with Crippen LogP contribution >= 0.6 is 22.6 Å². The molecular formula is C10H9F3INO2. The Kier molecular flexibility index (Phi) is 3.90. The number of halogens is 4. The molecule has 0 aromatic heterocycles. The number of rotatable bonds is 1. The second-order valence-corrected chi connectivity index (χ2v) is 4.41. The molecule has 0 atom stereocenters. The smallest absolute Gasteiger partial charge is 0.418 e. The lowest BCUT2D eigenvalue weighted by Gasteiger charge is -2.16. The Labute approximate surface area is 109 Å². The predicted molar refractivity (Wildman–Crippen MR) is 64.6 cm³/mol. The molecule has 1 rings (SSSR count). The van der Waals surface area contributed by atoms with Gasteiger partial charge in [-0.2, -0.15) is 13.2 Å². The number of benzene rings is 1. The maximum Gasteiger partial charge on any atom is 0.418 e. The minimum atomic E-state index is -4.65. The van der Waals surface area contributed by atoms with E-state index in [1.165, 1.54) is 29.5 Å². The number of hydrogen-bond donors (Lipinski definition) is 1. The van der Waals surface area contributed by atoms with Gasteiger partial charge in [-0.15, -0.1) is 0 Å². The first kappa shape index (κ1) is 14.1. The van der Waals surface area contributed by atoms with E-state index in [0.717, 1.165) is 13.2 Å². The predicted octanol–water partition coefficient (Wildman–Crippen LogP) is 2.99. The van der Waals surface area contributed by atoms with Crippen LogP contribution in [0.4, 0.5) is 18.9 Å². The minimum Gasteiger partial charge on any atom is -0.465 e. The SMILES string of the molecule is COC(=O)c1cc(C)c(N)c(I)c1C(F)(F)F. The van der Waals surface area contributed by atoms with Crippen molar-refractivity contribution >= 4 is 34.2 Å². The van der Waals surface area contributed by atoms with E-state index in [2.05, 4.69) is 4.74 Å². The fraction of sp³-hybridized carbons (Fsp3) is 0.300. The van der Waals surface area contributed by atoms with Gasteiger partial charge in [0.25, 0.3) is 0 Å². The Morgan fingerprint density at radius 1 is 1.47 bits per heavy atom. The highest BCUT2D eigenvalue weighted by molar-refractivity contribution is 14.1. The van der Waals surface area contributed by atoms with Crippen molar-refractivity contribution in [3.8, 4) is 0 Å². The van der Waals surface area contributed by atoms with Crippen molar-refractivity contribution in [2.75, 3.05) is 12.8 Å². The van der Waals surface area contributed by atoms with Gasteiger partial charge in [0.15, 0.2) is 0 Å². The Morgan fingerprint density at radius 2 is 2.00 bits per heavy atom. The molecule has 17 heavy (non-hydrogen) atoms. The maximum absolute atomic E-state index is 12.8. The van der Waals surface area contributed by atoms with Crippen LogP contribution in [0.5, 0.6) is 0 Å². The molecular weight excluding hydrogens is 350 g/mol.